The van der Waals surface area contributed by atoms with Crippen molar-refractivity contribution in [3.8, 4) is 23.0 Å². The Kier molecular flexibility index (Phi) is 13.7. The molecule has 0 N–H and O–H groups in total. The summed E-state index contributed by atoms with van der Waals surface area (Å²) in [5.74, 6) is 3.98. The Balaban J connectivity index is 1.23. The Bertz CT molecular complexity index is 3390. The molecule has 0 amide bonds. The summed E-state index contributed by atoms with van der Waals surface area (Å²) in [5, 5.41) is 10.3. The predicted molar refractivity (Wildman–Crippen MR) is 336 cm³/mol. The maximum absolute atomic E-state index is 7.90. The summed E-state index contributed by atoms with van der Waals surface area (Å²) in [6.07, 6.45) is 0. The lowest BCUT2D eigenvalue weighted by molar-refractivity contribution is 0.421. The summed E-state index contributed by atoms with van der Waals surface area (Å²) in [7, 11) is -3.02. The first-order valence-corrected chi connectivity index (χ1v) is 31.9. The Hall–Kier alpha value is -5.35. The Labute approximate surface area is 460 Å². The van der Waals surface area contributed by atoms with Crippen LogP contribution in [-0.4, -0.2) is 6.66 Å². The van der Waals surface area contributed by atoms with Crippen molar-refractivity contribution >= 4 is 66.2 Å². The first-order chi connectivity index (χ1) is 35.6. The average molecular weight is 1060 g/mol. The number of rotatable bonds is 8. The van der Waals surface area contributed by atoms with Crippen LogP contribution in [0.25, 0.3) is 0 Å². The molecule has 0 bridgehead atoms. The van der Waals surface area contributed by atoms with Gasteiger partial charge in [0.15, 0.2) is 5.75 Å². The van der Waals surface area contributed by atoms with E-state index in [9.17, 15) is 0 Å². The molecule has 1 atom stereocenters. The van der Waals surface area contributed by atoms with Gasteiger partial charge in [0, 0.05) is 49.0 Å². The van der Waals surface area contributed by atoms with Crippen LogP contribution in [0, 0.1) is 0 Å². The van der Waals surface area contributed by atoms with Gasteiger partial charge in [-0.2, -0.15) is 0 Å². The quantitative estimate of drug-likeness (QED) is 0.141. The fraction of sp³-hybridized carbons (Fsp3) is 0.324. The van der Waals surface area contributed by atoms with Crippen LogP contribution in [0.2, 0.25) is 0 Å². The van der Waals surface area contributed by atoms with Gasteiger partial charge in [-0.3, -0.25) is 0 Å². The van der Waals surface area contributed by atoms with E-state index in [-0.39, 0.29) is 35.7 Å². The molecular formula is C71H80O2P3+. The summed E-state index contributed by atoms with van der Waals surface area (Å²) in [6.45, 7) is 40.5. The van der Waals surface area contributed by atoms with Gasteiger partial charge >= 0.3 is 0 Å². The zero-order chi connectivity index (χ0) is 54.5. The molecule has 0 radical (unpaired) electrons. The van der Waals surface area contributed by atoms with Crippen molar-refractivity contribution in [3.05, 3.63) is 214 Å². The fourth-order valence-electron chi connectivity index (χ4n) is 11.3. The first kappa shape index (κ1) is 54.0. The first-order valence-electron chi connectivity index (χ1n) is 27.4. The zero-order valence-electron chi connectivity index (χ0n) is 48.4. The molecule has 0 saturated carbocycles. The largest absolute Gasteiger partial charge is 0.455 e. The van der Waals surface area contributed by atoms with E-state index < -0.39 is 20.6 Å². The highest BCUT2D eigenvalue weighted by atomic mass is 31.2. The summed E-state index contributed by atoms with van der Waals surface area (Å²) >= 11 is 0. The normalized spacial score (nSPS) is 15.1. The second-order valence-corrected chi connectivity index (χ2v) is 33.8. The highest BCUT2D eigenvalue weighted by Gasteiger charge is 2.49. The molecule has 2 heterocycles. The third-order valence-corrected chi connectivity index (χ3v) is 24.1. The van der Waals surface area contributed by atoms with Gasteiger partial charge in [-0.15, -0.1) is 0 Å². The lowest BCUT2D eigenvalue weighted by Crippen LogP contribution is -2.37. The molecule has 8 aromatic carbocycles. The second kappa shape index (κ2) is 19.2. The number of ether oxygens (including phenoxy) is 2. The Morgan fingerprint density at radius 3 is 1.08 bits per heavy atom. The van der Waals surface area contributed by atoms with Gasteiger partial charge in [0.2, 0.25) is 0 Å². The maximum atomic E-state index is 7.90. The lowest BCUT2D eigenvalue weighted by atomic mass is 9.72. The smallest absolute Gasteiger partial charge is 0.174 e. The van der Waals surface area contributed by atoms with Crippen LogP contribution in [-0.2, 0) is 32.5 Å². The van der Waals surface area contributed by atoms with Gasteiger partial charge in [0.1, 0.15) is 40.4 Å². The van der Waals surface area contributed by atoms with E-state index in [1.165, 1.54) is 86.9 Å². The summed E-state index contributed by atoms with van der Waals surface area (Å²) in [6, 6.07) is 64.5. The van der Waals surface area contributed by atoms with Crippen LogP contribution in [0.1, 0.15) is 155 Å². The number of hydrogen-bond donors (Lipinski definition) is 0. The van der Waals surface area contributed by atoms with Crippen molar-refractivity contribution in [2.24, 2.45) is 0 Å². The SMILES string of the molecule is CC(C)(C)c1cc(Pc2cc(C(C)(C)C)cc3c2Oc2c(cc(C(C)(C)C)cc2[P+](C)(c2ccccc2)c2ccccc2)C3(C)C)c2c(c1)C(C)(C)c1cc(C(C)(C)C)cc(P(c3ccccc3)c3ccccc3)c1O2. The van der Waals surface area contributed by atoms with Crippen molar-refractivity contribution in [3.63, 3.8) is 0 Å². The fourth-order valence-corrected chi connectivity index (χ4v) is 18.4. The van der Waals surface area contributed by atoms with Crippen LogP contribution >= 0.6 is 23.8 Å². The molecular weight excluding hydrogens is 978 g/mol. The molecule has 76 heavy (non-hydrogen) atoms. The van der Waals surface area contributed by atoms with E-state index in [0.29, 0.717) is 0 Å². The number of benzene rings is 8. The standard InChI is InChI=1S/C71H80O2P3/c1-66(2,3)46-38-54-62(72-64-56(70(54,13)14)40-48(68(7,8)9)44-60(64)75(50-30-22-18-23-31-50)51-32-24-19-25-33-51)58(42-46)74-59-43-47(67(4,5)6)39-55-63(59)73-65-57(71(55,15)16)41-49(69(10,11)12)45-61(65)76(17,52-34-26-20-27-35-52)53-36-28-21-29-37-53/h18-45,74H,1-17H3/q+1. The minimum atomic E-state index is -2.27. The Morgan fingerprint density at radius 2 is 0.697 bits per heavy atom. The van der Waals surface area contributed by atoms with Gasteiger partial charge in [-0.05, 0) is 111 Å². The molecule has 0 spiro atoms. The van der Waals surface area contributed by atoms with Gasteiger partial charge in [-0.25, -0.2) is 0 Å². The highest BCUT2D eigenvalue weighted by Crippen LogP contribution is 2.60. The summed E-state index contributed by atoms with van der Waals surface area (Å²) in [4.78, 5) is 0. The molecule has 390 valence electrons. The van der Waals surface area contributed by atoms with Crippen molar-refractivity contribution < 1.29 is 9.47 Å². The van der Waals surface area contributed by atoms with Crippen molar-refractivity contribution in [2.45, 2.75) is 143 Å². The molecule has 2 aliphatic heterocycles. The molecule has 0 fully saturated rings. The van der Waals surface area contributed by atoms with Crippen molar-refractivity contribution in [1.29, 1.82) is 0 Å². The minimum absolute atomic E-state index is 0.0896. The maximum Gasteiger partial charge on any atom is 0.174 e. The molecule has 0 saturated heterocycles. The van der Waals surface area contributed by atoms with E-state index >= 15 is 0 Å². The molecule has 10 rings (SSSR count). The van der Waals surface area contributed by atoms with Crippen LogP contribution in [0.5, 0.6) is 23.0 Å². The van der Waals surface area contributed by atoms with E-state index in [4.69, 9.17) is 9.47 Å². The zero-order valence-corrected chi connectivity index (χ0v) is 51.2. The lowest BCUT2D eigenvalue weighted by Gasteiger charge is -2.41. The van der Waals surface area contributed by atoms with E-state index in [1.54, 1.807) is 0 Å². The molecule has 2 aliphatic rings. The van der Waals surface area contributed by atoms with Gasteiger partial charge in [-0.1, -0.05) is 241 Å². The monoisotopic (exact) mass is 1060 g/mol. The predicted octanol–water partition coefficient (Wildman–Crippen LogP) is 16.1. The topological polar surface area (TPSA) is 18.5 Å². The molecule has 0 aliphatic carbocycles. The summed E-state index contributed by atoms with van der Waals surface area (Å²) in [5.41, 5.74) is 9.06. The van der Waals surface area contributed by atoms with Crippen LogP contribution in [0.4, 0.5) is 0 Å². The molecule has 1 unspecified atom stereocenters. The highest BCUT2D eigenvalue weighted by molar-refractivity contribution is 7.95. The van der Waals surface area contributed by atoms with Crippen molar-refractivity contribution in [2.75, 3.05) is 6.66 Å². The van der Waals surface area contributed by atoms with E-state index in [2.05, 4.69) is 287 Å². The summed E-state index contributed by atoms with van der Waals surface area (Å²) < 4.78 is 15.7. The molecule has 2 nitrogen and oxygen atoms in total. The van der Waals surface area contributed by atoms with Crippen molar-refractivity contribution in [1.82, 2.24) is 0 Å². The van der Waals surface area contributed by atoms with E-state index in [0.717, 1.165) is 23.0 Å². The Morgan fingerprint density at radius 1 is 0.382 bits per heavy atom. The second-order valence-electron chi connectivity index (χ2n) is 26.8. The average Bonchev–Trinajstić information content (AvgIpc) is 3.37. The number of fused-ring (bicyclic) bond motifs is 4. The van der Waals surface area contributed by atoms with E-state index in [1.807, 2.05) is 0 Å². The molecule has 8 aromatic rings. The third-order valence-electron chi connectivity index (χ3n) is 16.4. The van der Waals surface area contributed by atoms with Gasteiger partial charge < -0.3 is 9.47 Å². The van der Waals surface area contributed by atoms with Gasteiger partial charge in [0.05, 0.1) is 6.66 Å². The number of hydrogen-bond acceptors (Lipinski definition) is 2. The molecule has 0 aromatic heterocycles. The van der Waals surface area contributed by atoms with Crippen LogP contribution < -0.4 is 51.9 Å². The van der Waals surface area contributed by atoms with Crippen LogP contribution in [0.15, 0.2) is 170 Å². The van der Waals surface area contributed by atoms with Crippen LogP contribution in [0.3, 0.4) is 0 Å². The van der Waals surface area contributed by atoms with Gasteiger partial charge in [0.25, 0.3) is 0 Å². The minimum Gasteiger partial charge on any atom is -0.455 e. The third kappa shape index (κ3) is 9.63. The molecule has 5 heteroatoms.